The number of carbonyl (C=O) groups excluding carboxylic acids is 2. The second-order valence-electron chi connectivity index (χ2n) is 6.95. The topological polar surface area (TPSA) is 85.9 Å². The molecular weight excluding hydrogens is 384 g/mol. The molecule has 0 aromatic heterocycles. The SMILES string of the molecule is CCOCCOc1ccc(C(=O)Nc2ccc(C(=O)NCC3CCCO3)cc2)cc1. The first-order valence-electron chi connectivity index (χ1n) is 10.3. The fourth-order valence-electron chi connectivity index (χ4n) is 3.09. The minimum absolute atomic E-state index is 0.106. The van der Waals surface area contributed by atoms with E-state index in [4.69, 9.17) is 14.2 Å². The molecule has 7 nitrogen and oxygen atoms in total. The summed E-state index contributed by atoms with van der Waals surface area (Å²) in [5, 5.41) is 5.71. The van der Waals surface area contributed by atoms with Gasteiger partial charge in [0.2, 0.25) is 0 Å². The van der Waals surface area contributed by atoms with Crippen LogP contribution in [0.4, 0.5) is 5.69 Å². The van der Waals surface area contributed by atoms with Gasteiger partial charge in [0.15, 0.2) is 0 Å². The largest absolute Gasteiger partial charge is 0.491 e. The molecule has 1 aliphatic heterocycles. The van der Waals surface area contributed by atoms with E-state index < -0.39 is 0 Å². The summed E-state index contributed by atoms with van der Waals surface area (Å²) in [6.45, 7) is 4.86. The van der Waals surface area contributed by atoms with Gasteiger partial charge in [0.05, 0.1) is 12.7 Å². The van der Waals surface area contributed by atoms with Gasteiger partial charge in [-0.25, -0.2) is 0 Å². The molecule has 1 heterocycles. The van der Waals surface area contributed by atoms with Crippen LogP contribution in [0.1, 0.15) is 40.5 Å². The van der Waals surface area contributed by atoms with Crippen molar-refractivity contribution in [1.29, 1.82) is 0 Å². The number of anilines is 1. The smallest absolute Gasteiger partial charge is 0.255 e. The molecular formula is C23H28N2O5. The van der Waals surface area contributed by atoms with Crippen molar-refractivity contribution in [1.82, 2.24) is 5.32 Å². The van der Waals surface area contributed by atoms with Crippen molar-refractivity contribution < 1.29 is 23.8 Å². The summed E-state index contributed by atoms with van der Waals surface area (Å²) >= 11 is 0. The fraction of sp³-hybridized carbons (Fsp3) is 0.391. The van der Waals surface area contributed by atoms with Gasteiger partial charge in [-0.3, -0.25) is 9.59 Å². The van der Waals surface area contributed by atoms with Crippen LogP contribution in [0.15, 0.2) is 48.5 Å². The van der Waals surface area contributed by atoms with Crippen molar-refractivity contribution in [2.45, 2.75) is 25.9 Å². The molecule has 1 fully saturated rings. The Morgan fingerprint density at radius 1 is 1.00 bits per heavy atom. The molecule has 0 spiro atoms. The van der Waals surface area contributed by atoms with Gasteiger partial charge < -0.3 is 24.8 Å². The lowest BCUT2D eigenvalue weighted by molar-refractivity contribution is 0.0857. The van der Waals surface area contributed by atoms with E-state index in [1.54, 1.807) is 48.5 Å². The van der Waals surface area contributed by atoms with E-state index >= 15 is 0 Å². The lowest BCUT2D eigenvalue weighted by atomic mass is 10.1. The zero-order valence-electron chi connectivity index (χ0n) is 17.2. The summed E-state index contributed by atoms with van der Waals surface area (Å²) in [4.78, 5) is 24.7. The van der Waals surface area contributed by atoms with Crippen molar-refractivity contribution >= 4 is 17.5 Å². The van der Waals surface area contributed by atoms with E-state index in [1.807, 2.05) is 6.92 Å². The molecule has 2 aromatic rings. The minimum atomic E-state index is -0.230. The summed E-state index contributed by atoms with van der Waals surface area (Å²) in [6.07, 6.45) is 2.12. The predicted molar refractivity (Wildman–Crippen MR) is 114 cm³/mol. The standard InChI is InChI=1S/C23H28N2O5/c1-2-28-14-15-30-20-11-7-18(8-12-20)23(27)25-19-9-5-17(6-10-19)22(26)24-16-21-4-3-13-29-21/h5-12,21H,2-4,13-16H2,1H3,(H,24,26)(H,25,27). The van der Waals surface area contributed by atoms with E-state index in [-0.39, 0.29) is 17.9 Å². The third-order valence-corrected chi connectivity index (χ3v) is 4.74. The zero-order chi connectivity index (χ0) is 21.2. The first-order chi connectivity index (χ1) is 14.7. The zero-order valence-corrected chi connectivity index (χ0v) is 17.2. The molecule has 1 saturated heterocycles. The molecule has 1 aliphatic rings. The first kappa shape index (κ1) is 21.8. The Labute approximate surface area is 176 Å². The highest BCUT2D eigenvalue weighted by atomic mass is 16.5. The van der Waals surface area contributed by atoms with Gasteiger partial charge >= 0.3 is 0 Å². The van der Waals surface area contributed by atoms with Crippen LogP contribution in [0, 0.1) is 0 Å². The Morgan fingerprint density at radius 3 is 2.37 bits per heavy atom. The normalized spacial score (nSPS) is 15.6. The quantitative estimate of drug-likeness (QED) is 0.585. The average molecular weight is 412 g/mol. The van der Waals surface area contributed by atoms with E-state index in [0.717, 1.165) is 19.4 Å². The van der Waals surface area contributed by atoms with Crippen LogP contribution in [-0.2, 0) is 9.47 Å². The van der Waals surface area contributed by atoms with Crippen molar-refractivity contribution in [2.75, 3.05) is 38.3 Å². The van der Waals surface area contributed by atoms with Crippen molar-refractivity contribution in [2.24, 2.45) is 0 Å². The van der Waals surface area contributed by atoms with Gasteiger partial charge in [0.1, 0.15) is 12.4 Å². The Kier molecular flexibility index (Phi) is 8.23. The number of ether oxygens (including phenoxy) is 3. The molecule has 2 N–H and O–H groups in total. The highest BCUT2D eigenvalue weighted by Crippen LogP contribution is 2.16. The van der Waals surface area contributed by atoms with Gasteiger partial charge in [-0.2, -0.15) is 0 Å². The molecule has 0 radical (unpaired) electrons. The van der Waals surface area contributed by atoms with E-state index in [0.29, 0.717) is 48.9 Å². The van der Waals surface area contributed by atoms with Crippen LogP contribution in [0.25, 0.3) is 0 Å². The monoisotopic (exact) mass is 412 g/mol. The number of rotatable bonds is 10. The lowest BCUT2D eigenvalue weighted by Gasteiger charge is -2.11. The van der Waals surface area contributed by atoms with Crippen LogP contribution in [0.3, 0.4) is 0 Å². The highest BCUT2D eigenvalue weighted by Gasteiger charge is 2.16. The van der Waals surface area contributed by atoms with Crippen molar-refractivity contribution in [3.8, 4) is 5.75 Å². The van der Waals surface area contributed by atoms with Crippen LogP contribution < -0.4 is 15.4 Å². The maximum atomic E-state index is 12.4. The third-order valence-electron chi connectivity index (χ3n) is 4.74. The van der Waals surface area contributed by atoms with Gasteiger partial charge in [-0.1, -0.05) is 0 Å². The van der Waals surface area contributed by atoms with Gasteiger partial charge in [-0.05, 0) is 68.3 Å². The number of nitrogens with one attached hydrogen (secondary N) is 2. The number of benzene rings is 2. The van der Waals surface area contributed by atoms with Crippen molar-refractivity contribution in [3.05, 3.63) is 59.7 Å². The second-order valence-corrected chi connectivity index (χ2v) is 6.95. The second kappa shape index (κ2) is 11.3. The van der Waals surface area contributed by atoms with Gasteiger partial charge in [-0.15, -0.1) is 0 Å². The van der Waals surface area contributed by atoms with Crippen LogP contribution in [0.5, 0.6) is 5.75 Å². The average Bonchev–Trinajstić information content (AvgIpc) is 3.30. The summed E-state index contributed by atoms with van der Waals surface area (Å²) in [5.74, 6) is 0.305. The molecule has 30 heavy (non-hydrogen) atoms. The molecule has 0 saturated carbocycles. The summed E-state index contributed by atoms with van der Waals surface area (Å²) in [7, 11) is 0. The van der Waals surface area contributed by atoms with E-state index in [1.165, 1.54) is 0 Å². The number of hydrogen-bond acceptors (Lipinski definition) is 5. The Hall–Kier alpha value is -2.90. The number of amides is 2. The Bertz CT molecular complexity index is 814. The molecule has 1 unspecified atom stereocenters. The first-order valence-corrected chi connectivity index (χ1v) is 10.3. The highest BCUT2D eigenvalue weighted by molar-refractivity contribution is 6.04. The summed E-state index contributed by atoms with van der Waals surface area (Å²) in [5.41, 5.74) is 1.68. The van der Waals surface area contributed by atoms with Gasteiger partial charge in [0, 0.05) is 36.6 Å². The van der Waals surface area contributed by atoms with Crippen LogP contribution in [-0.4, -0.2) is 50.9 Å². The lowest BCUT2D eigenvalue weighted by Crippen LogP contribution is -2.31. The molecule has 160 valence electrons. The number of hydrogen-bond donors (Lipinski definition) is 2. The van der Waals surface area contributed by atoms with E-state index in [9.17, 15) is 9.59 Å². The fourth-order valence-corrected chi connectivity index (χ4v) is 3.09. The van der Waals surface area contributed by atoms with Gasteiger partial charge in [0.25, 0.3) is 11.8 Å². The molecule has 0 aliphatic carbocycles. The van der Waals surface area contributed by atoms with Crippen LogP contribution >= 0.6 is 0 Å². The minimum Gasteiger partial charge on any atom is -0.491 e. The molecule has 2 aromatic carbocycles. The predicted octanol–water partition coefficient (Wildman–Crippen LogP) is 3.26. The Balaban J connectivity index is 1.47. The Morgan fingerprint density at radius 2 is 1.70 bits per heavy atom. The van der Waals surface area contributed by atoms with E-state index in [2.05, 4.69) is 10.6 Å². The molecule has 3 rings (SSSR count). The molecule has 7 heteroatoms. The molecule has 2 amide bonds. The third kappa shape index (κ3) is 6.57. The van der Waals surface area contributed by atoms with Crippen LogP contribution in [0.2, 0.25) is 0 Å². The van der Waals surface area contributed by atoms with Crippen molar-refractivity contribution in [3.63, 3.8) is 0 Å². The summed E-state index contributed by atoms with van der Waals surface area (Å²) < 4.78 is 16.3. The molecule has 0 bridgehead atoms. The maximum Gasteiger partial charge on any atom is 0.255 e. The molecule has 1 atom stereocenters. The summed E-state index contributed by atoms with van der Waals surface area (Å²) in [6, 6.07) is 13.7. The maximum absolute atomic E-state index is 12.4. The number of carbonyl (C=O) groups is 2.